The van der Waals surface area contributed by atoms with Crippen molar-refractivity contribution in [2.75, 3.05) is 16.8 Å². The van der Waals surface area contributed by atoms with Crippen molar-refractivity contribution in [3.63, 3.8) is 0 Å². The first-order valence-corrected chi connectivity index (χ1v) is 12.0. The summed E-state index contributed by atoms with van der Waals surface area (Å²) in [6.07, 6.45) is 0.239. The van der Waals surface area contributed by atoms with E-state index in [1.165, 1.54) is 11.8 Å². The molecular weight excluding hydrogens is 442 g/mol. The van der Waals surface area contributed by atoms with Crippen LogP contribution < -0.4 is 11.1 Å². The second-order valence-corrected chi connectivity index (χ2v) is 9.53. The number of nitrogen functional groups attached to an aromatic ring is 1. The molecule has 0 radical (unpaired) electrons. The molecule has 0 aliphatic carbocycles. The Morgan fingerprint density at radius 3 is 2.24 bits per heavy atom. The van der Waals surface area contributed by atoms with Crippen molar-refractivity contribution in [2.45, 2.75) is 45.1 Å². The number of nitrogens with zero attached hydrogens (tertiary/aromatic N) is 3. The van der Waals surface area contributed by atoms with Crippen molar-refractivity contribution in [1.82, 2.24) is 4.98 Å². The van der Waals surface area contributed by atoms with Gasteiger partial charge in [0.05, 0.1) is 5.56 Å². The van der Waals surface area contributed by atoms with Crippen LogP contribution in [-0.2, 0) is 4.79 Å². The normalized spacial score (nSPS) is 10.6. The predicted octanol–water partition coefficient (Wildman–Crippen LogP) is 5.94. The molecule has 0 unspecified atom stereocenters. The van der Waals surface area contributed by atoms with Gasteiger partial charge in [-0.1, -0.05) is 44.2 Å². The molecule has 7 heteroatoms. The van der Waals surface area contributed by atoms with Gasteiger partial charge in [-0.3, -0.25) is 4.79 Å². The molecule has 0 spiro atoms. The molecule has 2 aromatic carbocycles. The summed E-state index contributed by atoms with van der Waals surface area (Å²) >= 11 is 1.28. The first kappa shape index (κ1) is 24.8. The van der Waals surface area contributed by atoms with Crippen molar-refractivity contribution in [3.8, 4) is 23.3 Å². The van der Waals surface area contributed by atoms with Crippen LogP contribution in [-0.4, -0.2) is 16.6 Å². The molecule has 1 heterocycles. The van der Waals surface area contributed by atoms with Gasteiger partial charge in [-0.25, -0.2) is 4.98 Å². The third-order valence-electron chi connectivity index (χ3n) is 5.35. The number of pyridine rings is 1. The van der Waals surface area contributed by atoms with E-state index in [-0.39, 0.29) is 23.7 Å². The number of benzene rings is 2. The third kappa shape index (κ3) is 5.75. The number of carbonyl (C=O) groups is 1. The fourth-order valence-corrected chi connectivity index (χ4v) is 4.67. The lowest BCUT2D eigenvalue weighted by Crippen LogP contribution is -2.12. The molecule has 0 fully saturated rings. The van der Waals surface area contributed by atoms with Crippen LogP contribution in [0.4, 0.5) is 11.5 Å². The van der Waals surface area contributed by atoms with Crippen molar-refractivity contribution in [2.24, 2.45) is 0 Å². The first-order valence-electron chi connectivity index (χ1n) is 11.0. The highest BCUT2D eigenvalue weighted by molar-refractivity contribution is 7.99. The average molecular weight is 470 g/mol. The van der Waals surface area contributed by atoms with E-state index in [9.17, 15) is 15.3 Å². The summed E-state index contributed by atoms with van der Waals surface area (Å²) in [5.74, 6) is 0.729. The van der Waals surface area contributed by atoms with Crippen molar-refractivity contribution in [1.29, 1.82) is 10.5 Å². The molecule has 0 aliphatic rings. The Hall–Kier alpha value is -3.81. The maximum Gasteiger partial charge on any atom is 0.225 e. The van der Waals surface area contributed by atoms with Crippen LogP contribution >= 0.6 is 11.8 Å². The van der Waals surface area contributed by atoms with E-state index in [1.54, 1.807) is 0 Å². The standard InChI is InChI=1S/C27H27N5OS/c1-16(2)19-5-7-20(8-6-19)25-22(14-28)26(30)32-27(23(25)15-29)34-10-9-24(33)31-21-12-17(3)11-18(4)13-21/h5-8,11-13,16H,9-10H2,1-4H3,(H2,30,32)(H,31,33). The molecule has 34 heavy (non-hydrogen) atoms. The molecule has 1 amide bonds. The zero-order valence-corrected chi connectivity index (χ0v) is 20.6. The number of carbonyl (C=O) groups excluding carboxylic acids is 1. The lowest BCUT2D eigenvalue weighted by atomic mass is 9.94. The number of nitrogens with two attached hydrogens (primary N) is 1. The van der Waals surface area contributed by atoms with Crippen LogP contribution in [0.2, 0.25) is 0 Å². The second kappa shape index (κ2) is 10.9. The van der Waals surface area contributed by atoms with Crippen LogP contribution in [0.15, 0.2) is 47.5 Å². The van der Waals surface area contributed by atoms with Crippen LogP contribution in [0.25, 0.3) is 11.1 Å². The molecule has 1 aromatic heterocycles. The molecule has 3 rings (SSSR count). The lowest BCUT2D eigenvalue weighted by Gasteiger charge is -2.14. The molecule has 0 atom stereocenters. The van der Waals surface area contributed by atoms with Gasteiger partial charge >= 0.3 is 0 Å². The van der Waals surface area contributed by atoms with Crippen LogP contribution in [0.3, 0.4) is 0 Å². The van der Waals surface area contributed by atoms with Gasteiger partial charge in [-0.05, 0) is 54.2 Å². The Bertz CT molecular complexity index is 1280. The van der Waals surface area contributed by atoms with Gasteiger partial charge in [0.25, 0.3) is 0 Å². The molecule has 172 valence electrons. The van der Waals surface area contributed by atoms with Crippen LogP contribution in [0, 0.1) is 36.5 Å². The van der Waals surface area contributed by atoms with Gasteiger partial charge in [0.15, 0.2) is 0 Å². The van der Waals surface area contributed by atoms with Gasteiger partial charge < -0.3 is 11.1 Å². The zero-order chi connectivity index (χ0) is 24.8. The van der Waals surface area contributed by atoms with E-state index >= 15 is 0 Å². The number of anilines is 2. The topological polar surface area (TPSA) is 116 Å². The van der Waals surface area contributed by atoms with E-state index < -0.39 is 0 Å². The Morgan fingerprint density at radius 2 is 1.68 bits per heavy atom. The molecule has 3 N–H and O–H groups in total. The van der Waals surface area contributed by atoms with Crippen LogP contribution in [0.1, 0.15) is 54.0 Å². The predicted molar refractivity (Wildman–Crippen MR) is 137 cm³/mol. The first-order chi connectivity index (χ1) is 16.2. The highest BCUT2D eigenvalue weighted by atomic mass is 32.2. The average Bonchev–Trinajstić information content (AvgIpc) is 2.78. The molecule has 3 aromatic rings. The number of aryl methyl sites for hydroxylation is 2. The summed E-state index contributed by atoms with van der Waals surface area (Å²) in [7, 11) is 0. The smallest absolute Gasteiger partial charge is 0.225 e. The van der Waals surface area contributed by atoms with Gasteiger partial charge in [-0.15, -0.1) is 11.8 Å². The summed E-state index contributed by atoms with van der Waals surface area (Å²) in [6.45, 7) is 8.17. The number of nitriles is 2. The molecule has 0 saturated carbocycles. The maximum atomic E-state index is 12.4. The monoisotopic (exact) mass is 469 g/mol. The Labute approximate surface area is 204 Å². The Balaban J connectivity index is 1.83. The second-order valence-electron chi connectivity index (χ2n) is 8.45. The number of rotatable bonds is 7. The summed E-state index contributed by atoms with van der Waals surface area (Å²) < 4.78 is 0. The number of hydrogen-bond acceptors (Lipinski definition) is 6. The van der Waals surface area contributed by atoms with Gasteiger partial charge in [0.1, 0.15) is 28.5 Å². The number of aromatic nitrogens is 1. The van der Waals surface area contributed by atoms with Gasteiger partial charge in [0.2, 0.25) is 5.91 Å². The molecule has 6 nitrogen and oxygen atoms in total. The fraction of sp³-hybridized carbons (Fsp3) is 0.259. The minimum Gasteiger partial charge on any atom is -0.383 e. The van der Waals surface area contributed by atoms with E-state index in [0.29, 0.717) is 27.8 Å². The number of amides is 1. The summed E-state index contributed by atoms with van der Waals surface area (Å²) in [5.41, 5.74) is 11.9. The number of thioether (sulfide) groups is 1. The van der Waals surface area contributed by atoms with E-state index in [1.807, 2.05) is 56.3 Å². The Kier molecular flexibility index (Phi) is 7.94. The molecule has 0 bridgehead atoms. The van der Waals surface area contributed by atoms with E-state index in [4.69, 9.17) is 5.73 Å². The summed E-state index contributed by atoms with van der Waals surface area (Å²) in [5, 5.41) is 23.0. The van der Waals surface area contributed by atoms with Crippen LogP contribution in [0.5, 0.6) is 0 Å². The summed E-state index contributed by atoms with van der Waals surface area (Å²) in [4.78, 5) is 16.8. The number of hydrogen-bond donors (Lipinski definition) is 2. The largest absolute Gasteiger partial charge is 0.383 e. The van der Waals surface area contributed by atoms with Gasteiger partial charge in [0, 0.05) is 23.4 Å². The van der Waals surface area contributed by atoms with E-state index in [0.717, 1.165) is 27.9 Å². The van der Waals surface area contributed by atoms with Gasteiger partial charge in [-0.2, -0.15) is 10.5 Å². The molecule has 0 aliphatic heterocycles. The quantitative estimate of drug-likeness (QED) is 0.414. The van der Waals surface area contributed by atoms with E-state index in [2.05, 4.69) is 36.3 Å². The fourth-order valence-electron chi connectivity index (χ4n) is 3.74. The van der Waals surface area contributed by atoms with Crippen molar-refractivity contribution >= 4 is 29.2 Å². The molecule has 0 saturated heterocycles. The minimum absolute atomic E-state index is 0.0756. The lowest BCUT2D eigenvalue weighted by molar-refractivity contribution is -0.115. The minimum atomic E-state index is -0.123. The summed E-state index contributed by atoms with van der Waals surface area (Å²) in [6, 6.07) is 18.0. The highest BCUT2D eigenvalue weighted by Gasteiger charge is 2.21. The SMILES string of the molecule is Cc1cc(C)cc(NC(=O)CCSc2nc(N)c(C#N)c(-c3ccc(C(C)C)cc3)c2C#N)c1. The third-order valence-corrected chi connectivity index (χ3v) is 6.33. The zero-order valence-electron chi connectivity index (χ0n) is 19.8. The molecular formula is C27H27N5OS. The highest BCUT2D eigenvalue weighted by Crippen LogP contribution is 2.36. The maximum absolute atomic E-state index is 12.4. The Morgan fingerprint density at radius 1 is 1.06 bits per heavy atom. The number of nitrogens with one attached hydrogen (secondary N) is 1. The van der Waals surface area contributed by atoms with Crippen molar-refractivity contribution < 1.29 is 4.79 Å². The van der Waals surface area contributed by atoms with Crippen molar-refractivity contribution in [3.05, 3.63) is 70.3 Å².